The molecule has 1 aromatic carbocycles. The molecule has 1 aromatic rings. The molecular formula is C8H7ClF3N. The molecule has 0 aromatic heterocycles. The molecule has 1 nitrogen and oxygen atoms in total. The fraction of sp³-hybridized carbons (Fsp3) is 0.250. The lowest BCUT2D eigenvalue weighted by molar-refractivity contribution is -0.137. The van der Waals surface area contributed by atoms with Crippen molar-refractivity contribution in [1.82, 2.24) is 4.84 Å². The zero-order valence-corrected chi connectivity index (χ0v) is 7.28. The molecule has 1 rings (SSSR count). The highest BCUT2D eigenvalue weighted by atomic mass is 35.5. The Morgan fingerprint density at radius 1 is 1.31 bits per heavy atom. The molecule has 0 bridgehead atoms. The molecule has 0 spiro atoms. The Morgan fingerprint density at radius 3 is 2.54 bits per heavy atom. The molecule has 0 heterocycles. The normalized spacial score (nSPS) is 11.7. The largest absolute Gasteiger partial charge is 0.416 e. The van der Waals surface area contributed by atoms with Crippen LogP contribution in [0.15, 0.2) is 24.3 Å². The Bertz CT molecular complexity index is 285. The van der Waals surface area contributed by atoms with Gasteiger partial charge in [-0.15, -0.1) is 0 Å². The third-order valence-electron chi connectivity index (χ3n) is 1.53. The second-order valence-electron chi connectivity index (χ2n) is 2.51. The number of benzene rings is 1. The third kappa shape index (κ3) is 2.90. The summed E-state index contributed by atoms with van der Waals surface area (Å²) in [6, 6.07) is 5.02. The predicted octanol–water partition coefficient (Wildman–Crippen LogP) is 2.95. The van der Waals surface area contributed by atoms with Crippen LogP contribution >= 0.6 is 11.8 Å². The fourth-order valence-corrected chi connectivity index (χ4v) is 1.09. The Morgan fingerprint density at radius 2 is 2.00 bits per heavy atom. The second-order valence-corrected chi connectivity index (χ2v) is 2.78. The van der Waals surface area contributed by atoms with Crippen LogP contribution in [-0.2, 0) is 12.7 Å². The quantitative estimate of drug-likeness (QED) is 0.739. The molecular weight excluding hydrogens is 203 g/mol. The van der Waals surface area contributed by atoms with Gasteiger partial charge in [0.2, 0.25) is 0 Å². The van der Waals surface area contributed by atoms with Crippen molar-refractivity contribution in [3.05, 3.63) is 35.4 Å². The first-order chi connectivity index (χ1) is 6.04. The van der Waals surface area contributed by atoms with Gasteiger partial charge in [-0.2, -0.15) is 13.2 Å². The lowest BCUT2D eigenvalue weighted by Gasteiger charge is -2.07. The van der Waals surface area contributed by atoms with Gasteiger partial charge in [0.1, 0.15) is 0 Å². The van der Waals surface area contributed by atoms with E-state index >= 15 is 0 Å². The maximum absolute atomic E-state index is 12.2. The molecule has 72 valence electrons. The van der Waals surface area contributed by atoms with Crippen LogP contribution in [-0.4, -0.2) is 0 Å². The van der Waals surface area contributed by atoms with Crippen molar-refractivity contribution < 1.29 is 13.2 Å². The number of rotatable bonds is 2. The second kappa shape index (κ2) is 3.98. The van der Waals surface area contributed by atoms with E-state index in [9.17, 15) is 13.2 Å². The van der Waals surface area contributed by atoms with Crippen molar-refractivity contribution in [3.8, 4) is 0 Å². The summed E-state index contributed by atoms with van der Waals surface area (Å²) in [6.45, 7) is 0.214. The van der Waals surface area contributed by atoms with E-state index in [2.05, 4.69) is 4.84 Å². The molecule has 5 heteroatoms. The van der Waals surface area contributed by atoms with E-state index in [0.29, 0.717) is 5.56 Å². The molecule has 0 radical (unpaired) electrons. The summed E-state index contributed by atoms with van der Waals surface area (Å²) in [4.78, 5) is 2.27. The number of halogens is 4. The first kappa shape index (κ1) is 10.3. The fourth-order valence-electron chi connectivity index (χ4n) is 0.935. The minimum absolute atomic E-state index is 0.214. The SMILES string of the molecule is FC(F)(F)c1cccc(CNCl)c1. The van der Waals surface area contributed by atoms with Gasteiger partial charge >= 0.3 is 6.18 Å². The molecule has 0 saturated carbocycles. The van der Waals surface area contributed by atoms with Crippen LogP contribution in [0.4, 0.5) is 13.2 Å². The summed E-state index contributed by atoms with van der Waals surface area (Å²) in [5.41, 5.74) is -0.151. The Balaban J connectivity index is 2.92. The molecule has 0 aliphatic carbocycles. The Kier molecular flexibility index (Phi) is 3.17. The highest BCUT2D eigenvalue weighted by molar-refractivity contribution is 6.13. The summed E-state index contributed by atoms with van der Waals surface area (Å²) in [7, 11) is 0. The van der Waals surface area contributed by atoms with Crippen molar-refractivity contribution in [3.63, 3.8) is 0 Å². The van der Waals surface area contributed by atoms with E-state index in [1.807, 2.05) is 0 Å². The zero-order valence-electron chi connectivity index (χ0n) is 6.53. The molecule has 0 unspecified atom stereocenters. The summed E-state index contributed by atoms with van der Waals surface area (Å²) in [5.74, 6) is 0. The highest BCUT2D eigenvalue weighted by Gasteiger charge is 2.30. The summed E-state index contributed by atoms with van der Waals surface area (Å²) >= 11 is 5.17. The van der Waals surface area contributed by atoms with Crippen molar-refractivity contribution in [2.24, 2.45) is 0 Å². The molecule has 0 fully saturated rings. The van der Waals surface area contributed by atoms with E-state index in [1.165, 1.54) is 6.07 Å². The van der Waals surface area contributed by atoms with E-state index in [0.717, 1.165) is 12.1 Å². The van der Waals surface area contributed by atoms with E-state index in [4.69, 9.17) is 11.8 Å². The molecule has 0 aliphatic rings. The third-order valence-corrected chi connectivity index (χ3v) is 1.66. The van der Waals surface area contributed by atoms with E-state index in [1.54, 1.807) is 6.07 Å². The van der Waals surface area contributed by atoms with Gasteiger partial charge in [-0.1, -0.05) is 18.2 Å². The van der Waals surface area contributed by atoms with E-state index < -0.39 is 11.7 Å². The highest BCUT2D eigenvalue weighted by Crippen LogP contribution is 2.29. The van der Waals surface area contributed by atoms with Crippen LogP contribution in [0.5, 0.6) is 0 Å². The lowest BCUT2D eigenvalue weighted by atomic mass is 10.1. The average Bonchev–Trinajstić information content (AvgIpc) is 2.04. The molecule has 0 amide bonds. The minimum Gasteiger partial charge on any atom is -0.229 e. The molecule has 0 aliphatic heterocycles. The molecule has 0 atom stereocenters. The standard InChI is InChI=1S/C8H7ClF3N/c9-13-5-6-2-1-3-7(4-6)8(10,11)12/h1-4,13H,5H2. The maximum atomic E-state index is 12.2. The summed E-state index contributed by atoms with van der Waals surface area (Å²) in [6.07, 6.45) is -4.29. The first-order valence-corrected chi connectivity index (χ1v) is 3.91. The predicted molar refractivity (Wildman–Crippen MR) is 44.1 cm³/mol. The zero-order chi connectivity index (χ0) is 9.90. The van der Waals surface area contributed by atoms with Crippen LogP contribution in [0.2, 0.25) is 0 Å². The minimum atomic E-state index is -4.29. The van der Waals surface area contributed by atoms with Gasteiger partial charge in [-0.25, -0.2) is 4.84 Å². The van der Waals surface area contributed by atoms with Gasteiger partial charge in [-0.05, 0) is 23.4 Å². The van der Waals surface area contributed by atoms with Gasteiger partial charge in [0, 0.05) is 6.54 Å². The molecule has 13 heavy (non-hydrogen) atoms. The number of alkyl halides is 3. The Labute approximate surface area is 78.6 Å². The van der Waals surface area contributed by atoms with Gasteiger partial charge in [0.25, 0.3) is 0 Å². The van der Waals surface area contributed by atoms with Crippen LogP contribution < -0.4 is 4.84 Å². The van der Waals surface area contributed by atoms with Crippen molar-refractivity contribution in [1.29, 1.82) is 0 Å². The van der Waals surface area contributed by atoms with Crippen molar-refractivity contribution in [2.45, 2.75) is 12.7 Å². The van der Waals surface area contributed by atoms with Gasteiger partial charge < -0.3 is 0 Å². The Hall–Kier alpha value is -0.740. The van der Waals surface area contributed by atoms with Gasteiger partial charge in [0.15, 0.2) is 0 Å². The van der Waals surface area contributed by atoms with Crippen LogP contribution in [0.3, 0.4) is 0 Å². The number of hydrogen-bond acceptors (Lipinski definition) is 1. The van der Waals surface area contributed by atoms with Gasteiger partial charge in [0.05, 0.1) is 5.56 Å². The van der Waals surface area contributed by atoms with Crippen molar-refractivity contribution >= 4 is 11.8 Å². The average molecular weight is 210 g/mol. The van der Waals surface area contributed by atoms with Crippen LogP contribution in [0.25, 0.3) is 0 Å². The lowest BCUT2D eigenvalue weighted by Crippen LogP contribution is -2.06. The summed E-state index contributed by atoms with van der Waals surface area (Å²) < 4.78 is 36.5. The molecule has 0 saturated heterocycles. The summed E-state index contributed by atoms with van der Waals surface area (Å²) in [5, 5.41) is 0. The first-order valence-electron chi connectivity index (χ1n) is 3.53. The maximum Gasteiger partial charge on any atom is 0.416 e. The number of nitrogens with one attached hydrogen (secondary N) is 1. The van der Waals surface area contributed by atoms with Gasteiger partial charge in [-0.3, -0.25) is 0 Å². The van der Waals surface area contributed by atoms with Crippen molar-refractivity contribution in [2.75, 3.05) is 0 Å². The topological polar surface area (TPSA) is 12.0 Å². The van der Waals surface area contributed by atoms with Crippen LogP contribution in [0.1, 0.15) is 11.1 Å². The van der Waals surface area contributed by atoms with E-state index in [-0.39, 0.29) is 6.54 Å². The molecule has 1 N–H and O–H groups in total. The monoisotopic (exact) mass is 209 g/mol. The number of hydrogen-bond donors (Lipinski definition) is 1. The smallest absolute Gasteiger partial charge is 0.229 e. The van der Waals surface area contributed by atoms with Crippen LogP contribution in [0, 0.1) is 0 Å².